The average Bonchev–Trinajstić information content (AvgIpc) is 3.21. The summed E-state index contributed by atoms with van der Waals surface area (Å²) in [7, 11) is 0. The van der Waals surface area contributed by atoms with E-state index in [1.54, 1.807) is 6.08 Å². The van der Waals surface area contributed by atoms with Gasteiger partial charge in [-0.3, -0.25) is 4.79 Å². The Balaban J connectivity index is 1.53. The molecule has 0 bridgehead atoms. The van der Waals surface area contributed by atoms with Gasteiger partial charge in [0, 0.05) is 16.0 Å². The lowest BCUT2D eigenvalue weighted by Crippen LogP contribution is -2.19. The fourth-order valence-electron chi connectivity index (χ4n) is 2.53. The molecule has 0 aliphatic carbocycles. The molecule has 146 valence electrons. The first-order chi connectivity index (χ1) is 14.0. The first-order valence-corrected chi connectivity index (χ1v) is 11.4. The minimum absolute atomic E-state index is 0.193. The molecule has 4 rings (SSSR count). The van der Waals surface area contributed by atoms with E-state index in [1.807, 2.05) is 61.5 Å². The van der Waals surface area contributed by atoms with E-state index in [-0.39, 0.29) is 5.91 Å². The number of nitrogens with zero attached hydrogens (tertiary/aromatic N) is 1. The summed E-state index contributed by atoms with van der Waals surface area (Å²) in [4.78, 5) is 18.4. The van der Waals surface area contributed by atoms with Crippen LogP contribution in [0, 0.1) is 6.92 Å². The van der Waals surface area contributed by atoms with Crippen molar-refractivity contribution in [1.29, 1.82) is 0 Å². The number of thioether (sulfide) groups is 1. The minimum atomic E-state index is -0.193. The Morgan fingerprint density at radius 1 is 1.21 bits per heavy atom. The quantitative estimate of drug-likeness (QED) is 0.386. The normalized spacial score (nSPS) is 16.6. The van der Waals surface area contributed by atoms with Gasteiger partial charge in [-0.25, -0.2) is 4.99 Å². The number of aliphatic imine (C=N–C) groups is 1. The Labute approximate surface area is 189 Å². The number of halogens is 2. The zero-order valence-corrected chi connectivity index (χ0v) is 19.1. The van der Waals surface area contributed by atoms with Gasteiger partial charge in [0.2, 0.25) is 0 Å². The summed E-state index contributed by atoms with van der Waals surface area (Å²) in [6.07, 6.45) is 1.72. The number of carbonyl (C=O) groups excluding carboxylic acids is 1. The highest BCUT2D eigenvalue weighted by Gasteiger charge is 2.25. The molecule has 1 saturated heterocycles. The van der Waals surface area contributed by atoms with Crippen LogP contribution in [0.5, 0.6) is 0 Å². The van der Waals surface area contributed by atoms with Crippen molar-refractivity contribution in [2.24, 2.45) is 4.99 Å². The van der Waals surface area contributed by atoms with Gasteiger partial charge in [0.1, 0.15) is 5.76 Å². The Hall–Kier alpha value is -1.93. The van der Waals surface area contributed by atoms with E-state index in [0.717, 1.165) is 20.6 Å². The van der Waals surface area contributed by atoms with Gasteiger partial charge in [-0.1, -0.05) is 41.6 Å². The third-order valence-electron chi connectivity index (χ3n) is 3.96. The molecule has 3 aromatic rings. The number of para-hydroxylation sites is 1. The molecule has 1 N–H and O–H groups in total. The second-order valence-corrected chi connectivity index (χ2v) is 9.48. The van der Waals surface area contributed by atoms with Crippen LogP contribution in [0.2, 0.25) is 5.02 Å². The minimum Gasteiger partial charge on any atom is -0.449 e. The predicted molar refractivity (Wildman–Crippen MR) is 124 cm³/mol. The second kappa shape index (κ2) is 8.83. The maximum absolute atomic E-state index is 12.3. The van der Waals surface area contributed by atoms with E-state index in [2.05, 4.69) is 26.2 Å². The summed E-state index contributed by atoms with van der Waals surface area (Å²) in [5, 5.41) is 4.74. The fraction of sp³-hybridized carbons (Fsp3) is 0.0476. The molecule has 0 unspecified atom stereocenters. The summed E-state index contributed by atoms with van der Waals surface area (Å²) in [5.41, 5.74) is 1.88. The Kier molecular flexibility index (Phi) is 6.20. The van der Waals surface area contributed by atoms with Gasteiger partial charge < -0.3 is 9.73 Å². The number of hydrogen-bond donors (Lipinski definition) is 1. The van der Waals surface area contributed by atoms with Crippen LogP contribution < -0.4 is 5.32 Å². The Morgan fingerprint density at radius 2 is 1.97 bits per heavy atom. The molecule has 1 aliphatic heterocycles. The molecule has 8 heteroatoms. The lowest BCUT2D eigenvalue weighted by molar-refractivity contribution is -0.115. The smallest absolute Gasteiger partial charge is 0.264 e. The van der Waals surface area contributed by atoms with Crippen molar-refractivity contribution >= 4 is 73.9 Å². The summed E-state index contributed by atoms with van der Waals surface area (Å²) < 4.78 is 6.73. The number of aryl methyl sites for hydroxylation is 1. The number of nitrogens with one attached hydrogen (secondary N) is 1. The van der Waals surface area contributed by atoms with Gasteiger partial charge in [-0.05, 0) is 76.6 Å². The average molecular weight is 506 g/mol. The van der Waals surface area contributed by atoms with Gasteiger partial charge in [0.15, 0.2) is 10.3 Å². The van der Waals surface area contributed by atoms with Gasteiger partial charge >= 0.3 is 0 Å². The van der Waals surface area contributed by atoms with Crippen molar-refractivity contribution in [3.63, 3.8) is 0 Å². The van der Waals surface area contributed by atoms with Crippen molar-refractivity contribution in [1.82, 2.24) is 5.32 Å². The third kappa shape index (κ3) is 4.98. The molecule has 1 fully saturated rings. The van der Waals surface area contributed by atoms with Crippen molar-refractivity contribution < 1.29 is 9.21 Å². The molecule has 4 nitrogen and oxygen atoms in total. The van der Waals surface area contributed by atoms with Gasteiger partial charge in [-0.15, -0.1) is 0 Å². The van der Waals surface area contributed by atoms with Gasteiger partial charge in [-0.2, -0.15) is 0 Å². The molecule has 2 aromatic carbocycles. The van der Waals surface area contributed by atoms with Crippen molar-refractivity contribution in [2.45, 2.75) is 16.9 Å². The van der Waals surface area contributed by atoms with Crippen LogP contribution in [0.4, 0.5) is 5.69 Å². The number of rotatable bonds is 4. The first-order valence-electron chi connectivity index (χ1n) is 8.56. The second-order valence-electron chi connectivity index (χ2n) is 6.11. The zero-order valence-electron chi connectivity index (χ0n) is 15.1. The number of benzene rings is 2. The summed E-state index contributed by atoms with van der Waals surface area (Å²) in [6.45, 7) is 1.98. The van der Waals surface area contributed by atoms with Gasteiger partial charge in [0.25, 0.3) is 5.91 Å². The first kappa shape index (κ1) is 20.3. The van der Waals surface area contributed by atoms with E-state index in [4.69, 9.17) is 16.0 Å². The standard InChI is InChI=1S/C21H14BrClN2O2S2/c1-12-4-2-3-5-17(12)24-21-25-19(26)18(29-21)11-14-10-16(22)20(27-14)28-15-8-6-13(23)7-9-15/h2-11H,1H3,(H,24,25,26)/b18-11-. The van der Waals surface area contributed by atoms with E-state index < -0.39 is 0 Å². The van der Waals surface area contributed by atoms with Crippen LogP contribution in [0.3, 0.4) is 0 Å². The van der Waals surface area contributed by atoms with Crippen LogP contribution in [-0.2, 0) is 4.79 Å². The Bertz CT molecular complexity index is 1140. The van der Waals surface area contributed by atoms with E-state index in [1.165, 1.54) is 23.5 Å². The molecule has 1 aromatic heterocycles. The number of amidine groups is 1. The lowest BCUT2D eigenvalue weighted by atomic mass is 10.2. The van der Waals surface area contributed by atoms with Crippen molar-refractivity contribution in [3.05, 3.63) is 80.3 Å². The number of amides is 1. The van der Waals surface area contributed by atoms with Crippen LogP contribution in [0.1, 0.15) is 11.3 Å². The van der Waals surface area contributed by atoms with Gasteiger partial charge in [0.05, 0.1) is 15.1 Å². The largest absolute Gasteiger partial charge is 0.449 e. The van der Waals surface area contributed by atoms with Crippen LogP contribution in [-0.4, -0.2) is 11.1 Å². The zero-order chi connectivity index (χ0) is 20.4. The molecule has 0 atom stereocenters. The van der Waals surface area contributed by atoms with E-state index >= 15 is 0 Å². The molecule has 0 spiro atoms. The maximum atomic E-state index is 12.3. The van der Waals surface area contributed by atoms with Crippen LogP contribution in [0.25, 0.3) is 6.08 Å². The number of hydrogen-bond acceptors (Lipinski definition) is 5. The highest BCUT2D eigenvalue weighted by molar-refractivity contribution is 9.10. The summed E-state index contributed by atoms with van der Waals surface area (Å²) in [6, 6.07) is 17.1. The highest BCUT2D eigenvalue weighted by atomic mass is 79.9. The number of carbonyl (C=O) groups is 1. The van der Waals surface area contributed by atoms with Crippen LogP contribution in [0.15, 0.2) is 83.4 Å². The molecule has 0 radical (unpaired) electrons. The number of furan rings is 1. The molecule has 2 heterocycles. The Morgan fingerprint density at radius 3 is 2.72 bits per heavy atom. The van der Waals surface area contributed by atoms with Crippen molar-refractivity contribution in [3.8, 4) is 0 Å². The maximum Gasteiger partial charge on any atom is 0.264 e. The molecular formula is C21H14BrClN2O2S2. The van der Waals surface area contributed by atoms with E-state index in [0.29, 0.717) is 25.9 Å². The summed E-state index contributed by atoms with van der Waals surface area (Å²) in [5.74, 6) is 0.393. The molecule has 1 amide bonds. The fourth-order valence-corrected chi connectivity index (χ4v) is 4.80. The molecular weight excluding hydrogens is 492 g/mol. The van der Waals surface area contributed by atoms with Crippen LogP contribution >= 0.6 is 51.1 Å². The topological polar surface area (TPSA) is 54.6 Å². The highest BCUT2D eigenvalue weighted by Crippen LogP contribution is 2.38. The van der Waals surface area contributed by atoms with E-state index in [9.17, 15) is 4.79 Å². The molecule has 0 saturated carbocycles. The van der Waals surface area contributed by atoms with Crippen molar-refractivity contribution in [2.75, 3.05) is 0 Å². The SMILES string of the molecule is Cc1ccccc1N=C1NC(=O)/C(=C/c2cc(Br)c(Sc3ccc(Cl)cc3)o2)S1. The summed E-state index contributed by atoms with van der Waals surface area (Å²) >= 11 is 12.2. The molecule has 29 heavy (non-hydrogen) atoms. The lowest BCUT2D eigenvalue weighted by Gasteiger charge is -1.99. The predicted octanol–water partition coefficient (Wildman–Crippen LogP) is 7.05. The molecule has 1 aliphatic rings. The monoisotopic (exact) mass is 504 g/mol. The third-order valence-corrected chi connectivity index (χ3v) is 6.97.